The zero-order valence-electron chi connectivity index (χ0n) is 15.9. The Kier molecular flexibility index (Phi) is 6.95. The molecule has 2 aromatic rings. The van der Waals surface area contributed by atoms with Crippen molar-refractivity contribution >= 4 is 46.3 Å². The Morgan fingerprint density at radius 2 is 2.14 bits per heavy atom. The van der Waals surface area contributed by atoms with E-state index in [1.165, 1.54) is 23.8 Å². The van der Waals surface area contributed by atoms with Crippen LogP contribution in [0.1, 0.15) is 18.2 Å². The minimum absolute atomic E-state index is 0.182. The molecular formula is C20H19NO6S2. The van der Waals surface area contributed by atoms with Crippen LogP contribution in [-0.4, -0.2) is 41.4 Å². The van der Waals surface area contributed by atoms with Gasteiger partial charge in [-0.15, -0.1) is 0 Å². The second kappa shape index (κ2) is 9.62. The van der Waals surface area contributed by atoms with Gasteiger partial charge in [0.25, 0.3) is 5.91 Å². The minimum Gasteiger partial charge on any atom is -0.493 e. The Balaban J connectivity index is 1.73. The van der Waals surface area contributed by atoms with Crippen LogP contribution in [0.25, 0.3) is 6.08 Å². The summed E-state index contributed by atoms with van der Waals surface area (Å²) in [5, 5.41) is 0. The molecule has 1 aliphatic heterocycles. The second-order valence-corrected chi connectivity index (χ2v) is 7.53. The Bertz CT molecular complexity index is 938. The first-order chi connectivity index (χ1) is 14.0. The molecule has 0 aliphatic carbocycles. The molecule has 0 bridgehead atoms. The van der Waals surface area contributed by atoms with Crippen molar-refractivity contribution in [1.82, 2.24) is 4.90 Å². The molecule has 2 heterocycles. The molecule has 29 heavy (non-hydrogen) atoms. The molecule has 0 N–H and O–H groups in total. The first-order valence-corrected chi connectivity index (χ1v) is 9.98. The molecule has 1 fully saturated rings. The van der Waals surface area contributed by atoms with Gasteiger partial charge in [-0.25, -0.2) is 4.79 Å². The zero-order valence-corrected chi connectivity index (χ0v) is 17.5. The summed E-state index contributed by atoms with van der Waals surface area (Å²) >= 11 is 6.56. The van der Waals surface area contributed by atoms with Gasteiger partial charge in [0.1, 0.15) is 10.1 Å². The van der Waals surface area contributed by atoms with E-state index in [4.69, 9.17) is 30.8 Å². The fraction of sp³-hybridized carbons (Fsp3) is 0.250. The topological polar surface area (TPSA) is 78.2 Å². The van der Waals surface area contributed by atoms with Crippen molar-refractivity contribution in [2.45, 2.75) is 13.5 Å². The Morgan fingerprint density at radius 1 is 1.31 bits per heavy atom. The highest BCUT2D eigenvalue weighted by Crippen LogP contribution is 2.35. The zero-order chi connectivity index (χ0) is 20.8. The fourth-order valence-electron chi connectivity index (χ4n) is 2.58. The SMILES string of the molecule is CCOC(=O)COc1ccc(/C=C2\SC(=S)N(Cc3ccco3)C2=O)cc1OC. The number of carbonyl (C=O) groups excluding carboxylic acids is 2. The molecule has 7 nitrogen and oxygen atoms in total. The predicted molar refractivity (Wildman–Crippen MR) is 113 cm³/mol. The van der Waals surface area contributed by atoms with Crippen LogP contribution in [0.15, 0.2) is 45.9 Å². The number of ether oxygens (including phenoxy) is 3. The number of hydrogen-bond donors (Lipinski definition) is 0. The third-order valence-electron chi connectivity index (χ3n) is 3.90. The van der Waals surface area contributed by atoms with Crippen molar-refractivity contribution in [3.8, 4) is 11.5 Å². The number of benzene rings is 1. The van der Waals surface area contributed by atoms with Gasteiger partial charge in [-0.05, 0) is 42.8 Å². The average Bonchev–Trinajstić information content (AvgIpc) is 3.31. The summed E-state index contributed by atoms with van der Waals surface area (Å²) in [6.45, 7) is 2.09. The van der Waals surface area contributed by atoms with Gasteiger partial charge in [0.15, 0.2) is 18.1 Å². The second-order valence-electron chi connectivity index (χ2n) is 5.85. The van der Waals surface area contributed by atoms with Crippen LogP contribution in [0, 0.1) is 0 Å². The summed E-state index contributed by atoms with van der Waals surface area (Å²) in [6.07, 6.45) is 3.29. The van der Waals surface area contributed by atoms with Crippen LogP contribution in [0.3, 0.4) is 0 Å². The smallest absolute Gasteiger partial charge is 0.344 e. The lowest BCUT2D eigenvalue weighted by Gasteiger charge is -2.12. The molecule has 0 unspecified atom stereocenters. The van der Waals surface area contributed by atoms with Gasteiger partial charge in [0.2, 0.25) is 0 Å². The van der Waals surface area contributed by atoms with Crippen molar-refractivity contribution in [1.29, 1.82) is 0 Å². The molecule has 1 amide bonds. The van der Waals surface area contributed by atoms with Crippen molar-refractivity contribution in [3.05, 3.63) is 52.8 Å². The molecule has 1 aromatic carbocycles. The number of rotatable bonds is 8. The maximum absolute atomic E-state index is 12.7. The molecule has 1 aliphatic rings. The standard InChI is InChI=1S/C20H19NO6S2/c1-3-25-18(22)12-27-15-7-6-13(9-16(15)24-2)10-17-19(23)21(20(28)29-17)11-14-5-4-8-26-14/h4-10H,3,11-12H2,1-2H3/b17-10-. The van der Waals surface area contributed by atoms with Crippen LogP contribution in [-0.2, 0) is 20.9 Å². The summed E-state index contributed by atoms with van der Waals surface area (Å²) in [7, 11) is 1.50. The largest absolute Gasteiger partial charge is 0.493 e. The highest BCUT2D eigenvalue weighted by Gasteiger charge is 2.32. The van der Waals surface area contributed by atoms with Gasteiger partial charge < -0.3 is 18.6 Å². The number of thiocarbonyl (C=S) groups is 1. The summed E-state index contributed by atoms with van der Waals surface area (Å²) in [6, 6.07) is 8.72. The van der Waals surface area contributed by atoms with E-state index in [1.54, 1.807) is 49.6 Å². The normalized spacial score (nSPS) is 15.1. The van der Waals surface area contributed by atoms with Crippen LogP contribution in [0.2, 0.25) is 0 Å². The minimum atomic E-state index is -0.459. The number of hydrogen-bond acceptors (Lipinski definition) is 8. The van der Waals surface area contributed by atoms with E-state index in [1.807, 2.05) is 0 Å². The number of nitrogens with zero attached hydrogens (tertiary/aromatic N) is 1. The van der Waals surface area contributed by atoms with Crippen LogP contribution >= 0.6 is 24.0 Å². The number of thioether (sulfide) groups is 1. The number of esters is 1. The first kappa shape index (κ1) is 20.9. The lowest BCUT2D eigenvalue weighted by molar-refractivity contribution is -0.145. The van der Waals surface area contributed by atoms with Crippen molar-refractivity contribution < 1.29 is 28.2 Å². The first-order valence-electron chi connectivity index (χ1n) is 8.76. The Morgan fingerprint density at radius 3 is 2.83 bits per heavy atom. The fourth-order valence-corrected chi connectivity index (χ4v) is 3.83. The summed E-state index contributed by atoms with van der Waals surface area (Å²) in [5.74, 6) is 0.862. The maximum Gasteiger partial charge on any atom is 0.344 e. The maximum atomic E-state index is 12.7. The lowest BCUT2D eigenvalue weighted by atomic mass is 10.2. The van der Waals surface area contributed by atoms with Gasteiger partial charge in [-0.2, -0.15) is 0 Å². The quantitative estimate of drug-likeness (QED) is 0.355. The molecule has 0 saturated carbocycles. The van der Waals surface area contributed by atoms with Crippen molar-refractivity contribution in [2.75, 3.05) is 20.3 Å². The van der Waals surface area contributed by atoms with Crippen molar-refractivity contribution in [3.63, 3.8) is 0 Å². The Labute approximate surface area is 177 Å². The number of carbonyl (C=O) groups is 2. The van der Waals surface area contributed by atoms with E-state index in [0.717, 1.165) is 5.56 Å². The molecular weight excluding hydrogens is 414 g/mol. The number of furan rings is 1. The molecule has 3 rings (SSSR count). The van der Waals surface area contributed by atoms with Crippen LogP contribution in [0.4, 0.5) is 0 Å². The van der Waals surface area contributed by atoms with Crippen LogP contribution < -0.4 is 9.47 Å². The number of amides is 1. The Hall–Kier alpha value is -2.78. The van der Waals surface area contributed by atoms with E-state index < -0.39 is 5.97 Å². The van der Waals surface area contributed by atoms with Gasteiger partial charge in [-0.1, -0.05) is 30.0 Å². The predicted octanol–water partition coefficient (Wildman–Crippen LogP) is 3.63. The third kappa shape index (κ3) is 5.18. The molecule has 152 valence electrons. The third-order valence-corrected chi connectivity index (χ3v) is 5.28. The molecule has 0 radical (unpaired) electrons. The molecule has 0 atom stereocenters. The van der Waals surface area contributed by atoms with E-state index in [9.17, 15) is 9.59 Å². The molecule has 0 spiro atoms. The molecule has 1 aromatic heterocycles. The van der Waals surface area contributed by atoms with Gasteiger partial charge >= 0.3 is 5.97 Å². The van der Waals surface area contributed by atoms with Gasteiger partial charge in [-0.3, -0.25) is 9.69 Å². The van der Waals surface area contributed by atoms with Crippen LogP contribution in [0.5, 0.6) is 11.5 Å². The lowest BCUT2D eigenvalue weighted by Crippen LogP contribution is -2.27. The van der Waals surface area contributed by atoms with Gasteiger partial charge in [0, 0.05) is 0 Å². The molecule has 9 heteroatoms. The summed E-state index contributed by atoms with van der Waals surface area (Å²) in [4.78, 5) is 26.2. The van der Waals surface area contributed by atoms with E-state index >= 15 is 0 Å². The number of methoxy groups -OCH3 is 1. The van der Waals surface area contributed by atoms with E-state index in [2.05, 4.69) is 0 Å². The highest BCUT2D eigenvalue weighted by molar-refractivity contribution is 8.26. The van der Waals surface area contributed by atoms with E-state index in [0.29, 0.717) is 33.0 Å². The highest BCUT2D eigenvalue weighted by atomic mass is 32.2. The summed E-state index contributed by atoms with van der Waals surface area (Å²) in [5.41, 5.74) is 0.740. The summed E-state index contributed by atoms with van der Waals surface area (Å²) < 4.78 is 21.4. The average molecular weight is 434 g/mol. The van der Waals surface area contributed by atoms with Gasteiger partial charge in [0.05, 0.1) is 31.4 Å². The van der Waals surface area contributed by atoms with E-state index in [-0.39, 0.29) is 19.1 Å². The van der Waals surface area contributed by atoms with Crippen molar-refractivity contribution in [2.24, 2.45) is 0 Å². The monoisotopic (exact) mass is 433 g/mol. The molecule has 1 saturated heterocycles.